The Bertz CT molecular complexity index is 507. The number of nitrogens with two attached hydrogens (primary N) is 1. The second-order valence-corrected chi connectivity index (χ2v) is 5.07. The minimum Gasteiger partial charge on any atom is -0.342 e. The van der Waals surface area contributed by atoms with Crippen LogP contribution in [-0.4, -0.2) is 9.97 Å². The zero-order valence-corrected chi connectivity index (χ0v) is 10.5. The van der Waals surface area contributed by atoms with E-state index in [2.05, 4.69) is 34.2 Å². The van der Waals surface area contributed by atoms with Gasteiger partial charge in [0.1, 0.15) is 5.82 Å². The minimum absolute atomic E-state index is 0.589. The molecule has 0 spiro atoms. The number of nitrogens with one attached hydrogen (secondary N) is 1. The number of nitrogens with zero attached hydrogens (tertiary/aromatic N) is 1. The monoisotopic (exact) mass is 241 g/mol. The van der Waals surface area contributed by atoms with Gasteiger partial charge in [0.2, 0.25) is 0 Å². The van der Waals surface area contributed by atoms with Crippen LogP contribution in [0.15, 0.2) is 30.5 Å². The molecule has 18 heavy (non-hydrogen) atoms. The molecule has 0 atom stereocenters. The van der Waals surface area contributed by atoms with Crippen molar-refractivity contribution in [1.29, 1.82) is 0 Å². The van der Waals surface area contributed by atoms with Crippen LogP contribution in [0.3, 0.4) is 0 Å². The van der Waals surface area contributed by atoms with Crippen LogP contribution in [0.25, 0.3) is 11.4 Å². The molecule has 0 bridgehead atoms. The van der Waals surface area contributed by atoms with E-state index in [0.717, 1.165) is 17.0 Å². The summed E-state index contributed by atoms with van der Waals surface area (Å²) in [5.74, 6) is 1.66. The van der Waals surface area contributed by atoms with Gasteiger partial charge in [0.25, 0.3) is 0 Å². The van der Waals surface area contributed by atoms with Gasteiger partial charge >= 0.3 is 0 Å². The van der Waals surface area contributed by atoms with Crippen molar-refractivity contribution >= 4 is 0 Å². The fourth-order valence-electron chi connectivity index (χ4n) is 2.73. The highest BCUT2D eigenvalue weighted by Crippen LogP contribution is 2.33. The van der Waals surface area contributed by atoms with Gasteiger partial charge in [-0.3, -0.25) is 0 Å². The third-order valence-corrected chi connectivity index (χ3v) is 3.85. The van der Waals surface area contributed by atoms with E-state index in [-0.39, 0.29) is 0 Å². The van der Waals surface area contributed by atoms with Crippen LogP contribution in [0.4, 0.5) is 0 Å². The molecule has 2 aromatic rings. The third kappa shape index (κ3) is 2.18. The van der Waals surface area contributed by atoms with Crippen LogP contribution in [0.5, 0.6) is 0 Å². The molecule has 1 heterocycles. The van der Waals surface area contributed by atoms with Gasteiger partial charge in [-0.2, -0.15) is 0 Å². The van der Waals surface area contributed by atoms with Crippen LogP contribution in [-0.2, 0) is 6.54 Å². The molecule has 1 fully saturated rings. The van der Waals surface area contributed by atoms with Gasteiger partial charge in [-0.25, -0.2) is 4.98 Å². The largest absolute Gasteiger partial charge is 0.342 e. The quantitative estimate of drug-likeness (QED) is 0.867. The Kier molecular flexibility index (Phi) is 3.15. The van der Waals surface area contributed by atoms with E-state index in [9.17, 15) is 0 Å². The van der Waals surface area contributed by atoms with Gasteiger partial charge in [-0.1, -0.05) is 37.1 Å². The number of benzene rings is 1. The molecular weight excluding hydrogens is 222 g/mol. The average molecular weight is 241 g/mol. The van der Waals surface area contributed by atoms with Gasteiger partial charge in [-0.05, 0) is 18.4 Å². The lowest BCUT2D eigenvalue weighted by atomic mass is 10.1. The average Bonchev–Trinajstić information content (AvgIpc) is 3.09. The van der Waals surface area contributed by atoms with Gasteiger partial charge in [0.15, 0.2) is 0 Å². The summed E-state index contributed by atoms with van der Waals surface area (Å²) in [6.45, 7) is 0.589. The molecule has 1 saturated carbocycles. The second kappa shape index (κ2) is 4.94. The molecule has 0 radical (unpaired) electrons. The van der Waals surface area contributed by atoms with E-state index in [1.807, 2.05) is 6.20 Å². The number of aromatic nitrogens is 2. The predicted molar refractivity (Wildman–Crippen MR) is 73.1 cm³/mol. The molecule has 1 aliphatic rings. The van der Waals surface area contributed by atoms with Crippen LogP contribution < -0.4 is 5.73 Å². The molecule has 3 nitrogen and oxygen atoms in total. The maximum atomic E-state index is 5.60. The Hall–Kier alpha value is -1.61. The number of aromatic amines is 1. The van der Waals surface area contributed by atoms with Crippen molar-refractivity contribution in [2.24, 2.45) is 5.73 Å². The van der Waals surface area contributed by atoms with E-state index in [1.54, 1.807) is 0 Å². The Balaban J connectivity index is 1.82. The molecule has 3 N–H and O–H groups in total. The van der Waals surface area contributed by atoms with Crippen molar-refractivity contribution in [2.75, 3.05) is 0 Å². The van der Waals surface area contributed by atoms with Crippen molar-refractivity contribution in [3.8, 4) is 11.4 Å². The normalized spacial score (nSPS) is 16.3. The minimum atomic E-state index is 0.589. The summed E-state index contributed by atoms with van der Waals surface area (Å²) in [5, 5.41) is 0. The lowest BCUT2D eigenvalue weighted by Gasteiger charge is -2.04. The predicted octanol–water partition coefficient (Wildman–Crippen LogP) is 3.19. The van der Waals surface area contributed by atoms with Gasteiger partial charge in [-0.15, -0.1) is 0 Å². The molecule has 94 valence electrons. The smallest absolute Gasteiger partial charge is 0.137 e. The van der Waals surface area contributed by atoms with E-state index < -0.39 is 0 Å². The first kappa shape index (κ1) is 11.5. The van der Waals surface area contributed by atoms with Crippen LogP contribution in [0.2, 0.25) is 0 Å². The summed E-state index contributed by atoms with van der Waals surface area (Å²) in [7, 11) is 0. The molecule has 3 heteroatoms. The van der Waals surface area contributed by atoms with Gasteiger partial charge < -0.3 is 10.7 Å². The summed E-state index contributed by atoms with van der Waals surface area (Å²) >= 11 is 0. The fraction of sp³-hybridized carbons (Fsp3) is 0.400. The molecule has 0 unspecified atom stereocenters. The Morgan fingerprint density at radius 3 is 2.56 bits per heavy atom. The lowest BCUT2D eigenvalue weighted by molar-refractivity contribution is 0.703. The zero-order chi connectivity index (χ0) is 12.4. The topological polar surface area (TPSA) is 54.7 Å². The summed E-state index contributed by atoms with van der Waals surface area (Å²) in [6, 6.07) is 8.29. The summed E-state index contributed by atoms with van der Waals surface area (Å²) in [6.07, 6.45) is 7.30. The molecule has 0 amide bonds. The van der Waals surface area contributed by atoms with Crippen molar-refractivity contribution < 1.29 is 0 Å². The highest BCUT2D eigenvalue weighted by Gasteiger charge is 2.19. The number of H-pyrrole nitrogens is 1. The van der Waals surface area contributed by atoms with E-state index in [1.165, 1.54) is 31.4 Å². The first-order valence-electron chi connectivity index (χ1n) is 6.71. The van der Waals surface area contributed by atoms with Crippen molar-refractivity contribution in [2.45, 2.75) is 38.1 Å². The van der Waals surface area contributed by atoms with Crippen molar-refractivity contribution in [3.63, 3.8) is 0 Å². The lowest BCUT2D eigenvalue weighted by Crippen LogP contribution is -1.95. The summed E-state index contributed by atoms with van der Waals surface area (Å²) in [4.78, 5) is 7.97. The number of rotatable bonds is 3. The maximum Gasteiger partial charge on any atom is 0.137 e. The molecular formula is C15H19N3. The Labute approximate surface area is 107 Å². The fourth-order valence-corrected chi connectivity index (χ4v) is 2.73. The zero-order valence-electron chi connectivity index (χ0n) is 10.5. The second-order valence-electron chi connectivity index (χ2n) is 5.07. The molecule has 1 aromatic heterocycles. The number of hydrogen-bond donors (Lipinski definition) is 2. The summed E-state index contributed by atoms with van der Waals surface area (Å²) < 4.78 is 0. The maximum absolute atomic E-state index is 5.60. The van der Waals surface area contributed by atoms with Crippen molar-refractivity contribution in [3.05, 3.63) is 41.7 Å². The van der Waals surface area contributed by atoms with Crippen LogP contribution >= 0.6 is 0 Å². The molecule has 0 aliphatic heterocycles. The molecule has 0 saturated heterocycles. The van der Waals surface area contributed by atoms with E-state index in [0.29, 0.717) is 12.5 Å². The van der Waals surface area contributed by atoms with Gasteiger partial charge in [0, 0.05) is 29.9 Å². The highest BCUT2D eigenvalue weighted by atomic mass is 14.9. The Morgan fingerprint density at radius 1 is 1.17 bits per heavy atom. The van der Waals surface area contributed by atoms with Crippen LogP contribution in [0.1, 0.15) is 42.9 Å². The number of hydrogen-bond acceptors (Lipinski definition) is 2. The number of imidazole rings is 1. The Morgan fingerprint density at radius 2 is 1.89 bits per heavy atom. The van der Waals surface area contributed by atoms with Gasteiger partial charge in [0.05, 0.1) is 0 Å². The van der Waals surface area contributed by atoms with E-state index >= 15 is 0 Å². The highest BCUT2D eigenvalue weighted by molar-refractivity contribution is 5.55. The standard InChI is InChI=1S/C15H19N3/c16-9-11-5-7-13(8-6-11)15-17-10-14(18-15)12-3-1-2-4-12/h5-8,10,12H,1-4,9,16H2,(H,17,18). The third-order valence-electron chi connectivity index (χ3n) is 3.85. The van der Waals surface area contributed by atoms with Crippen LogP contribution in [0, 0.1) is 0 Å². The SMILES string of the molecule is NCc1ccc(-c2ncc(C3CCCC3)[nH]2)cc1. The first-order valence-corrected chi connectivity index (χ1v) is 6.71. The molecule has 1 aliphatic carbocycles. The van der Waals surface area contributed by atoms with Crippen molar-refractivity contribution in [1.82, 2.24) is 9.97 Å². The first-order chi connectivity index (χ1) is 8.86. The molecule has 1 aromatic carbocycles. The summed E-state index contributed by atoms with van der Waals surface area (Å²) in [5.41, 5.74) is 9.19. The molecule has 3 rings (SSSR count). The van der Waals surface area contributed by atoms with E-state index in [4.69, 9.17) is 5.73 Å².